The van der Waals surface area contributed by atoms with Gasteiger partial charge in [-0.2, -0.15) is 0 Å². The molecule has 1 fully saturated rings. The largest absolute Gasteiger partial charge is 0.380 e. The van der Waals surface area contributed by atoms with Gasteiger partial charge in [0.1, 0.15) is 17.5 Å². The van der Waals surface area contributed by atoms with Crippen molar-refractivity contribution < 1.29 is 4.74 Å². The molecule has 1 aliphatic heterocycles. The van der Waals surface area contributed by atoms with E-state index in [1.54, 1.807) is 7.11 Å². The molecule has 1 unspecified atom stereocenters. The molecule has 0 spiro atoms. The summed E-state index contributed by atoms with van der Waals surface area (Å²) in [6.07, 6.45) is 3.22. The van der Waals surface area contributed by atoms with Crippen molar-refractivity contribution in [3.05, 3.63) is 11.9 Å². The number of hydrazine groups is 1. The highest BCUT2D eigenvalue weighted by atomic mass is 16.5. The van der Waals surface area contributed by atoms with E-state index in [0.717, 1.165) is 44.0 Å². The molecule has 0 radical (unpaired) electrons. The number of nitrogens with zero attached hydrogens (tertiary/aromatic N) is 3. The average molecular weight is 251 g/mol. The van der Waals surface area contributed by atoms with Crippen molar-refractivity contribution in [3.63, 3.8) is 0 Å². The predicted molar refractivity (Wildman–Crippen MR) is 71.5 cm³/mol. The Morgan fingerprint density at radius 2 is 2.39 bits per heavy atom. The maximum absolute atomic E-state index is 5.45. The summed E-state index contributed by atoms with van der Waals surface area (Å²) in [5, 5.41) is 0. The van der Waals surface area contributed by atoms with Gasteiger partial charge in [0.15, 0.2) is 0 Å². The van der Waals surface area contributed by atoms with Gasteiger partial charge < -0.3 is 15.1 Å². The molecule has 100 valence electrons. The lowest BCUT2D eigenvalue weighted by molar-refractivity contribution is 0.121. The van der Waals surface area contributed by atoms with E-state index in [1.807, 2.05) is 6.07 Å². The van der Waals surface area contributed by atoms with Crippen LogP contribution in [0.2, 0.25) is 0 Å². The zero-order valence-electron chi connectivity index (χ0n) is 11.0. The average Bonchev–Trinajstić information content (AvgIpc) is 2.87. The van der Waals surface area contributed by atoms with Crippen molar-refractivity contribution in [2.45, 2.75) is 32.3 Å². The summed E-state index contributed by atoms with van der Waals surface area (Å²) in [7, 11) is 1.75. The van der Waals surface area contributed by atoms with E-state index in [2.05, 4.69) is 27.2 Å². The topological polar surface area (TPSA) is 76.3 Å². The summed E-state index contributed by atoms with van der Waals surface area (Å²) in [6.45, 7) is 3.95. The van der Waals surface area contributed by atoms with Gasteiger partial charge in [-0.05, 0) is 12.8 Å². The quantitative estimate of drug-likeness (QED) is 0.599. The summed E-state index contributed by atoms with van der Waals surface area (Å²) in [4.78, 5) is 11.2. The standard InChI is InChI=1S/C12H21N5O/c1-3-4-10-14-11(16-13)7-12(15-10)17-6-5-9(8-17)18-2/h7,9H,3-6,8,13H2,1-2H3,(H,14,15,16). The van der Waals surface area contributed by atoms with Gasteiger partial charge in [-0.25, -0.2) is 15.8 Å². The molecule has 1 aromatic rings. The number of rotatable bonds is 5. The Morgan fingerprint density at radius 1 is 1.56 bits per heavy atom. The first-order valence-electron chi connectivity index (χ1n) is 6.39. The number of aryl methyl sites for hydroxylation is 1. The number of hydrogen-bond acceptors (Lipinski definition) is 6. The molecule has 2 rings (SSSR count). The second kappa shape index (κ2) is 5.97. The summed E-state index contributed by atoms with van der Waals surface area (Å²) < 4.78 is 5.37. The molecular formula is C12H21N5O. The van der Waals surface area contributed by atoms with Crippen molar-refractivity contribution in [3.8, 4) is 0 Å². The number of anilines is 2. The van der Waals surface area contributed by atoms with Gasteiger partial charge in [0.25, 0.3) is 0 Å². The summed E-state index contributed by atoms with van der Waals surface area (Å²) >= 11 is 0. The summed E-state index contributed by atoms with van der Waals surface area (Å²) in [5.41, 5.74) is 2.61. The van der Waals surface area contributed by atoms with Gasteiger partial charge in [-0.15, -0.1) is 0 Å². The van der Waals surface area contributed by atoms with Crippen LogP contribution in [0.25, 0.3) is 0 Å². The highest BCUT2D eigenvalue weighted by Crippen LogP contribution is 2.22. The van der Waals surface area contributed by atoms with E-state index >= 15 is 0 Å². The third-order valence-corrected chi connectivity index (χ3v) is 3.18. The fourth-order valence-electron chi connectivity index (χ4n) is 2.18. The number of hydrogen-bond donors (Lipinski definition) is 2. The van der Waals surface area contributed by atoms with Gasteiger partial charge in [0, 0.05) is 32.7 Å². The van der Waals surface area contributed by atoms with Crippen LogP contribution >= 0.6 is 0 Å². The van der Waals surface area contributed by atoms with E-state index in [-0.39, 0.29) is 0 Å². The highest BCUT2D eigenvalue weighted by Gasteiger charge is 2.23. The van der Waals surface area contributed by atoms with E-state index < -0.39 is 0 Å². The Hall–Kier alpha value is -1.40. The highest BCUT2D eigenvalue weighted by molar-refractivity contribution is 5.49. The van der Waals surface area contributed by atoms with E-state index in [0.29, 0.717) is 11.9 Å². The van der Waals surface area contributed by atoms with Gasteiger partial charge in [0.2, 0.25) is 0 Å². The predicted octanol–water partition coefficient (Wildman–Crippen LogP) is 0.940. The Kier molecular flexibility index (Phi) is 4.33. The number of nitrogens with one attached hydrogen (secondary N) is 1. The molecule has 3 N–H and O–H groups in total. The molecule has 1 aliphatic rings. The van der Waals surface area contributed by atoms with E-state index in [9.17, 15) is 0 Å². The molecule has 1 aromatic heterocycles. The number of methoxy groups -OCH3 is 1. The van der Waals surface area contributed by atoms with Crippen LogP contribution in [-0.4, -0.2) is 36.3 Å². The van der Waals surface area contributed by atoms with Crippen molar-refractivity contribution >= 4 is 11.6 Å². The van der Waals surface area contributed by atoms with Crippen molar-refractivity contribution in [2.75, 3.05) is 30.5 Å². The van der Waals surface area contributed by atoms with E-state index in [1.165, 1.54) is 0 Å². The van der Waals surface area contributed by atoms with Crippen LogP contribution in [0.1, 0.15) is 25.6 Å². The Labute approximate surface area is 108 Å². The Bertz CT molecular complexity index is 398. The fraction of sp³-hybridized carbons (Fsp3) is 0.667. The number of nitrogens with two attached hydrogens (primary N) is 1. The van der Waals surface area contributed by atoms with Crippen LogP contribution in [0, 0.1) is 0 Å². The Morgan fingerprint density at radius 3 is 3.00 bits per heavy atom. The van der Waals surface area contributed by atoms with Crippen LogP contribution < -0.4 is 16.2 Å². The van der Waals surface area contributed by atoms with Gasteiger partial charge >= 0.3 is 0 Å². The van der Waals surface area contributed by atoms with Crippen LogP contribution in [0.4, 0.5) is 11.6 Å². The molecule has 0 bridgehead atoms. The minimum atomic E-state index is 0.295. The van der Waals surface area contributed by atoms with Crippen LogP contribution in [0.3, 0.4) is 0 Å². The molecule has 1 atom stereocenters. The minimum Gasteiger partial charge on any atom is -0.380 e. The second-order valence-electron chi connectivity index (χ2n) is 4.51. The lowest BCUT2D eigenvalue weighted by Crippen LogP contribution is -2.24. The fourth-order valence-corrected chi connectivity index (χ4v) is 2.18. The third kappa shape index (κ3) is 2.88. The lowest BCUT2D eigenvalue weighted by Gasteiger charge is -2.18. The number of ether oxygens (including phenoxy) is 1. The first-order chi connectivity index (χ1) is 8.76. The molecule has 6 nitrogen and oxygen atoms in total. The van der Waals surface area contributed by atoms with Crippen molar-refractivity contribution in [1.29, 1.82) is 0 Å². The zero-order valence-corrected chi connectivity index (χ0v) is 11.0. The van der Waals surface area contributed by atoms with Gasteiger partial charge in [0.05, 0.1) is 6.10 Å². The molecule has 0 aliphatic carbocycles. The molecule has 2 heterocycles. The van der Waals surface area contributed by atoms with Crippen molar-refractivity contribution in [2.24, 2.45) is 5.84 Å². The smallest absolute Gasteiger partial charge is 0.145 e. The lowest BCUT2D eigenvalue weighted by atomic mass is 10.3. The molecule has 6 heteroatoms. The second-order valence-corrected chi connectivity index (χ2v) is 4.51. The third-order valence-electron chi connectivity index (χ3n) is 3.18. The maximum Gasteiger partial charge on any atom is 0.145 e. The molecule has 0 amide bonds. The van der Waals surface area contributed by atoms with Crippen molar-refractivity contribution in [1.82, 2.24) is 9.97 Å². The summed E-state index contributed by atoms with van der Waals surface area (Å²) in [6, 6.07) is 1.89. The SMILES string of the molecule is CCCc1nc(NN)cc(N2CCC(OC)C2)n1. The normalized spacial score (nSPS) is 19.3. The molecule has 18 heavy (non-hydrogen) atoms. The van der Waals surface area contributed by atoms with Crippen LogP contribution in [0.15, 0.2) is 6.07 Å². The number of aromatic nitrogens is 2. The van der Waals surface area contributed by atoms with E-state index in [4.69, 9.17) is 10.6 Å². The van der Waals surface area contributed by atoms with Crippen LogP contribution in [0.5, 0.6) is 0 Å². The van der Waals surface area contributed by atoms with Gasteiger partial charge in [-0.3, -0.25) is 0 Å². The molecular weight excluding hydrogens is 230 g/mol. The zero-order chi connectivity index (χ0) is 13.0. The Balaban J connectivity index is 2.18. The first kappa shape index (κ1) is 13.0. The summed E-state index contributed by atoms with van der Waals surface area (Å²) in [5.74, 6) is 7.89. The first-order valence-corrected chi connectivity index (χ1v) is 6.39. The van der Waals surface area contributed by atoms with Crippen LogP contribution in [-0.2, 0) is 11.2 Å². The minimum absolute atomic E-state index is 0.295. The number of nitrogen functional groups attached to an aromatic ring is 1. The molecule has 1 saturated heterocycles. The van der Waals surface area contributed by atoms with Gasteiger partial charge in [-0.1, -0.05) is 6.92 Å². The molecule has 0 aromatic carbocycles. The maximum atomic E-state index is 5.45. The monoisotopic (exact) mass is 251 g/mol. The molecule has 0 saturated carbocycles.